The Morgan fingerprint density at radius 1 is 1.00 bits per heavy atom. The number of nitrogens with zero attached hydrogens (tertiary/aromatic N) is 2. The van der Waals surface area contributed by atoms with E-state index in [9.17, 15) is 0 Å². The summed E-state index contributed by atoms with van der Waals surface area (Å²) in [5.74, 6) is 0. The first-order valence-corrected chi connectivity index (χ1v) is 7.79. The van der Waals surface area contributed by atoms with Gasteiger partial charge < -0.3 is 4.90 Å². The van der Waals surface area contributed by atoms with Gasteiger partial charge in [-0.15, -0.1) is 0 Å². The van der Waals surface area contributed by atoms with Gasteiger partial charge in [-0.2, -0.15) is 0 Å². The van der Waals surface area contributed by atoms with Gasteiger partial charge in [0.2, 0.25) is 0 Å². The van der Waals surface area contributed by atoms with Crippen LogP contribution in [0, 0.1) is 6.92 Å². The Kier molecular flexibility index (Phi) is 5.87. The highest BCUT2D eigenvalue weighted by atomic mass is 15.2. The fourth-order valence-electron chi connectivity index (χ4n) is 2.82. The lowest BCUT2D eigenvalue weighted by atomic mass is 10.1. The molecule has 1 aromatic rings. The molecular weight excluding hydrogens is 232 g/mol. The van der Waals surface area contributed by atoms with Crippen LogP contribution in [0.3, 0.4) is 0 Å². The zero-order valence-electron chi connectivity index (χ0n) is 12.6. The van der Waals surface area contributed by atoms with Crippen LogP contribution in [0.5, 0.6) is 0 Å². The van der Waals surface area contributed by atoms with Crippen LogP contribution in [-0.2, 0) is 6.54 Å². The number of unbranched alkanes of at least 4 members (excludes halogenated alkanes) is 1. The van der Waals surface area contributed by atoms with E-state index in [1.54, 1.807) is 0 Å². The molecule has 0 bridgehead atoms. The monoisotopic (exact) mass is 260 g/mol. The van der Waals surface area contributed by atoms with Gasteiger partial charge >= 0.3 is 0 Å². The Balaban J connectivity index is 1.84. The van der Waals surface area contributed by atoms with E-state index in [-0.39, 0.29) is 0 Å². The standard InChI is InChI=1S/C17H28N2/c1-3-4-10-18-11-7-12-19(14-13-18)15-17-9-6-5-8-16(17)2/h5-6,8-9H,3-4,7,10-15H2,1-2H3. The van der Waals surface area contributed by atoms with Crippen molar-refractivity contribution in [2.75, 3.05) is 32.7 Å². The van der Waals surface area contributed by atoms with E-state index < -0.39 is 0 Å². The van der Waals surface area contributed by atoms with E-state index >= 15 is 0 Å². The summed E-state index contributed by atoms with van der Waals surface area (Å²) in [4.78, 5) is 5.26. The van der Waals surface area contributed by atoms with Crippen LogP contribution in [0.25, 0.3) is 0 Å². The molecule has 0 radical (unpaired) electrons. The summed E-state index contributed by atoms with van der Waals surface area (Å²) >= 11 is 0. The second kappa shape index (κ2) is 7.66. The minimum absolute atomic E-state index is 1.12. The Hall–Kier alpha value is -0.860. The third-order valence-corrected chi connectivity index (χ3v) is 4.16. The fourth-order valence-corrected chi connectivity index (χ4v) is 2.82. The molecule has 1 aromatic carbocycles. The zero-order valence-corrected chi connectivity index (χ0v) is 12.6. The molecule has 1 saturated heterocycles. The Bertz CT molecular complexity index is 375. The lowest BCUT2D eigenvalue weighted by Crippen LogP contribution is -2.31. The van der Waals surface area contributed by atoms with Crippen LogP contribution in [0.4, 0.5) is 0 Å². The molecule has 0 spiro atoms. The predicted octanol–water partition coefficient (Wildman–Crippen LogP) is 3.30. The summed E-state index contributed by atoms with van der Waals surface area (Å²) in [7, 11) is 0. The minimum atomic E-state index is 1.12. The summed E-state index contributed by atoms with van der Waals surface area (Å²) in [6.45, 7) is 11.9. The second-order valence-electron chi connectivity index (χ2n) is 5.75. The highest BCUT2D eigenvalue weighted by Crippen LogP contribution is 2.13. The molecule has 2 heteroatoms. The largest absolute Gasteiger partial charge is 0.302 e. The Labute approximate surface area is 118 Å². The van der Waals surface area contributed by atoms with Crippen molar-refractivity contribution in [1.29, 1.82) is 0 Å². The van der Waals surface area contributed by atoms with Gasteiger partial charge in [-0.3, -0.25) is 4.90 Å². The SMILES string of the molecule is CCCCN1CCCN(Cc2ccccc2C)CC1. The Morgan fingerprint density at radius 3 is 2.53 bits per heavy atom. The highest BCUT2D eigenvalue weighted by Gasteiger charge is 2.14. The molecule has 0 unspecified atom stereocenters. The molecule has 19 heavy (non-hydrogen) atoms. The zero-order chi connectivity index (χ0) is 13.5. The first kappa shape index (κ1) is 14.5. The maximum absolute atomic E-state index is 2.64. The molecule has 106 valence electrons. The molecule has 1 heterocycles. The van der Waals surface area contributed by atoms with Crippen molar-refractivity contribution < 1.29 is 0 Å². The van der Waals surface area contributed by atoms with Crippen LogP contribution in [0.15, 0.2) is 24.3 Å². The van der Waals surface area contributed by atoms with E-state index in [4.69, 9.17) is 0 Å². The molecule has 2 nitrogen and oxygen atoms in total. The summed E-state index contributed by atoms with van der Waals surface area (Å²) in [5, 5.41) is 0. The minimum Gasteiger partial charge on any atom is -0.302 e. The molecule has 2 rings (SSSR count). The molecule has 1 aliphatic heterocycles. The van der Waals surface area contributed by atoms with E-state index in [0.29, 0.717) is 0 Å². The first-order valence-electron chi connectivity index (χ1n) is 7.79. The van der Waals surface area contributed by atoms with Gasteiger partial charge in [0.25, 0.3) is 0 Å². The molecule has 0 aromatic heterocycles. The summed E-state index contributed by atoms with van der Waals surface area (Å²) in [6.07, 6.45) is 3.97. The molecule has 1 fully saturated rings. The van der Waals surface area contributed by atoms with Crippen LogP contribution in [-0.4, -0.2) is 42.5 Å². The molecule has 0 aliphatic carbocycles. The van der Waals surface area contributed by atoms with Crippen LogP contribution >= 0.6 is 0 Å². The number of hydrogen-bond acceptors (Lipinski definition) is 2. The van der Waals surface area contributed by atoms with E-state index in [0.717, 1.165) is 6.54 Å². The predicted molar refractivity (Wildman–Crippen MR) is 82.4 cm³/mol. The van der Waals surface area contributed by atoms with Crippen molar-refractivity contribution >= 4 is 0 Å². The van der Waals surface area contributed by atoms with Crippen LogP contribution < -0.4 is 0 Å². The van der Waals surface area contributed by atoms with Crippen molar-refractivity contribution in [3.05, 3.63) is 35.4 Å². The van der Waals surface area contributed by atoms with Crippen LogP contribution in [0.1, 0.15) is 37.3 Å². The average molecular weight is 260 g/mol. The number of hydrogen-bond donors (Lipinski definition) is 0. The number of aryl methyl sites for hydroxylation is 1. The van der Waals surface area contributed by atoms with Gasteiger partial charge in [-0.05, 0) is 50.5 Å². The quantitative estimate of drug-likeness (QED) is 0.801. The van der Waals surface area contributed by atoms with E-state index in [1.807, 2.05) is 0 Å². The molecular formula is C17H28N2. The molecule has 0 N–H and O–H groups in total. The van der Waals surface area contributed by atoms with Crippen molar-refractivity contribution in [3.63, 3.8) is 0 Å². The number of benzene rings is 1. The third kappa shape index (κ3) is 4.63. The van der Waals surface area contributed by atoms with Crippen molar-refractivity contribution in [2.24, 2.45) is 0 Å². The van der Waals surface area contributed by atoms with Crippen molar-refractivity contribution in [2.45, 2.75) is 39.7 Å². The molecule has 0 amide bonds. The smallest absolute Gasteiger partial charge is 0.0236 e. The lowest BCUT2D eigenvalue weighted by Gasteiger charge is -2.22. The highest BCUT2D eigenvalue weighted by molar-refractivity contribution is 5.25. The van der Waals surface area contributed by atoms with Crippen LogP contribution in [0.2, 0.25) is 0 Å². The third-order valence-electron chi connectivity index (χ3n) is 4.16. The van der Waals surface area contributed by atoms with Gasteiger partial charge in [-0.1, -0.05) is 37.6 Å². The molecule has 1 aliphatic rings. The lowest BCUT2D eigenvalue weighted by molar-refractivity contribution is 0.249. The van der Waals surface area contributed by atoms with E-state index in [2.05, 4.69) is 47.9 Å². The van der Waals surface area contributed by atoms with Crippen molar-refractivity contribution in [3.8, 4) is 0 Å². The summed E-state index contributed by atoms with van der Waals surface area (Å²) < 4.78 is 0. The van der Waals surface area contributed by atoms with Crippen molar-refractivity contribution in [1.82, 2.24) is 9.80 Å². The van der Waals surface area contributed by atoms with Gasteiger partial charge in [0.15, 0.2) is 0 Å². The van der Waals surface area contributed by atoms with Gasteiger partial charge in [0.1, 0.15) is 0 Å². The molecule has 0 atom stereocenters. The average Bonchev–Trinajstić information content (AvgIpc) is 2.64. The second-order valence-corrected chi connectivity index (χ2v) is 5.75. The van der Waals surface area contributed by atoms with Gasteiger partial charge in [-0.25, -0.2) is 0 Å². The normalized spacial score (nSPS) is 18.4. The first-order chi connectivity index (χ1) is 9.29. The topological polar surface area (TPSA) is 6.48 Å². The van der Waals surface area contributed by atoms with Gasteiger partial charge in [0.05, 0.1) is 0 Å². The summed E-state index contributed by atoms with van der Waals surface area (Å²) in [5.41, 5.74) is 2.92. The van der Waals surface area contributed by atoms with E-state index in [1.165, 1.54) is 63.1 Å². The maximum Gasteiger partial charge on any atom is 0.0236 e. The molecule has 0 saturated carbocycles. The van der Waals surface area contributed by atoms with Gasteiger partial charge in [0, 0.05) is 19.6 Å². The maximum atomic E-state index is 2.64. The summed E-state index contributed by atoms with van der Waals surface area (Å²) in [6, 6.07) is 8.79. The number of rotatable bonds is 5. The fraction of sp³-hybridized carbons (Fsp3) is 0.647. The Morgan fingerprint density at radius 2 is 1.74 bits per heavy atom.